The van der Waals surface area contributed by atoms with Gasteiger partial charge in [0.25, 0.3) is 0 Å². The van der Waals surface area contributed by atoms with E-state index < -0.39 is 11.5 Å². The van der Waals surface area contributed by atoms with E-state index in [1.54, 1.807) is 6.92 Å². The zero-order valence-corrected chi connectivity index (χ0v) is 15.0. The second-order valence-corrected chi connectivity index (χ2v) is 5.69. The van der Waals surface area contributed by atoms with Crippen molar-refractivity contribution >= 4 is 5.69 Å². The summed E-state index contributed by atoms with van der Waals surface area (Å²) in [4.78, 5) is 14.8. The molecular formula is C16H15F2N5O5. The third-order valence-electron chi connectivity index (χ3n) is 3.92. The number of aryl methyl sites for hydroxylation is 1. The number of hydrogen-bond donors (Lipinski definition) is 0. The maximum Gasteiger partial charge on any atom is 0.387 e. The zero-order valence-electron chi connectivity index (χ0n) is 15.0. The molecule has 0 fully saturated rings. The van der Waals surface area contributed by atoms with Crippen molar-refractivity contribution in [2.24, 2.45) is 0 Å². The van der Waals surface area contributed by atoms with Crippen LogP contribution in [0.2, 0.25) is 0 Å². The van der Waals surface area contributed by atoms with Gasteiger partial charge in [-0.15, -0.1) is 0 Å². The van der Waals surface area contributed by atoms with Crippen molar-refractivity contribution in [1.82, 2.24) is 19.9 Å². The lowest BCUT2D eigenvalue weighted by atomic mass is 10.2. The monoisotopic (exact) mass is 395 g/mol. The minimum Gasteiger partial charge on any atom is -0.493 e. The van der Waals surface area contributed by atoms with Crippen LogP contribution in [-0.2, 0) is 6.54 Å². The summed E-state index contributed by atoms with van der Waals surface area (Å²) in [6.07, 6.45) is 0. The van der Waals surface area contributed by atoms with Crippen molar-refractivity contribution < 1.29 is 27.7 Å². The van der Waals surface area contributed by atoms with Crippen molar-refractivity contribution in [2.75, 3.05) is 7.11 Å². The first-order chi connectivity index (χ1) is 13.3. The molecule has 0 saturated heterocycles. The van der Waals surface area contributed by atoms with Gasteiger partial charge in [-0.1, -0.05) is 5.16 Å². The fourth-order valence-electron chi connectivity index (χ4n) is 2.67. The van der Waals surface area contributed by atoms with E-state index in [1.165, 1.54) is 36.9 Å². The molecule has 3 rings (SSSR count). The van der Waals surface area contributed by atoms with Gasteiger partial charge >= 0.3 is 12.3 Å². The highest BCUT2D eigenvalue weighted by Crippen LogP contribution is 2.32. The predicted molar refractivity (Wildman–Crippen MR) is 90.4 cm³/mol. The van der Waals surface area contributed by atoms with Crippen molar-refractivity contribution in [3.05, 3.63) is 45.6 Å². The zero-order chi connectivity index (χ0) is 20.4. The maximum atomic E-state index is 12.4. The molecule has 0 aliphatic carbocycles. The van der Waals surface area contributed by atoms with Gasteiger partial charge < -0.3 is 14.0 Å². The van der Waals surface area contributed by atoms with E-state index in [9.17, 15) is 18.9 Å². The van der Waals surface area contributed by atoms with E-state index in [-0.39, 0.29) is 41.1 Å². The number of nitro groups is 1. The first-order valence-corrected chi connectivity index (χ1v) is 7.94. The molecule has 0 saturated carbocycles. The molecule has 2 aromatic heterocycles. The Bertz CT molecular complexity index is 1020. The van der Waals surface area contributed by atoms with Crippen LogP contribution in [0.15, 0.2) is 22.7 Å². The number of ether oxygens (including phenoxy) is 2. The first-order valence-electron chi connectivity index (χ1n) is 7.94. The minimum atomic E-state index is -2.98. The highest BCUT2D eigenvalue weighted by Gasteiger charge is 2.23. The third kappa shape index (κ3) is 3.75. The van der Waals surface area contributed by atoms with Crippen molar-refractivity contribution in [2.45, 2.75) is 27.0 Å². The molecule has 10 nitrogen and oxygen atoms in total. The summed E-state index contributed by atoms with van der Waals surface area (Å²) in [7, 11) is 1.31. The van der Waals surface area contributed by atoms with Crippen LogP contribution in [0.1, 0.15) is 17.3 Å². The Morgan fingerprint density at radius 1 is 1.32 bits per heavy atom. The Balaban J connectivity index is 1.85. The lowest BCUT2D eigenvalue weighted by molar-refractivity contribution is -0.386. The fourth-order valence-corrected chi connectivity index (χ4v) is 2.67. The quantitative estimate of drug-likeness (QED) is 0.442. The summed E-state index contributed by atoms with van der Waals surface area (Å²) in [5.41, 5.74) is 1.02. The van der Waals surface area contributed by atoms with E-state index in [0.717, 1.165) is 0 Å². The van der Waals surface area contributed by atoms with Gasteiger partial charge in [0.05, 0.1) is 12.0 Å². The van der Waals surface area contributed by atoms with Gasteiger partial charge in [0.15, 0.2) is 11.5 Å². The molecule has 0 bridgehead atoms. The van der Waals surface area contributed by atoms with Gasteiger partial charge in [-0.05, 0) is 32.0 Å². The molecule has 0 N–H and O–H groups in total. The Morgan fingerprint density at radius 3 is 2.68 bits per heavy atom. The molecule has 3 aromatic rings. The van der Waals surface area contributed by atoms with Crippen LogP contribution in [0.25, 0.3) is 11.4 Å². The average Bonchev–Trinajstić information content (AvgIpc) is 3.19. The number of aromatic nitrogens is 4. The second-order valence-electron chi connectivity index (χ2n) is 5.69. The summed E-state index contributed by atoms with van der Waals surface area (Å²) in [6.45, 7) is 0.163. The van der Waals surface area contributed by atoms with Gasteiger partial charge in [0, 0.05) is 5.56 Å². The third-order valence-corrected chi connectivity index (χ3v) is 3.92. The largest absolute Gasteiger partial charge is 0.493 e. The van der Waals surface area contributed by atoms with Crippen LogP contribution in [0.3, 0.4) is 0 Å². The molecule has 28 heavy (non-hydrogen) atoms. The van der Waals surface area contributed by atoms with Gasteiger partial charge in [0.2, 0.25) is 11.7 Å². The normalized spacial score (nSPS) is 11.1. The average molecular weight is 395 g/mol. The molecule has 0 spiro atoms. The summed E-state index contributed by atoms with van der Waals surface area (Å²) in [5, 5.41) is 19.0. The van der Waals surface area contributed by atoms with Crippen LogP contribution in [0.4, 0.5) is 14.5 Å². The Kier molecular flexibility index (Phi) is 5.20. The molecule has 0 aliphatic rings. The standard InChI is InChI=1S/C16H15F2N5O5/c1-8-14(23(24)25)9(2)22(20-8)7-13-19-15(21-28-13)10-4-5-11(27-16(17)18)12(6-10)26-3/h4-6,16H,7H2,1-3H3. The molecular weight excluding hydrogens is 380 g/mol. The number of methoxy groups -OCH3 is 1. The van der Waals surface area contributed by atoms with E-state index in [1.807, 2.05) is 0 Å². The summed E-state index contributed by atoms with van der Waals surface area (Å²) >= 11 is 0. The highest BCUT2D eigenvalue weighted by molar-refractivity contribution is 5.60. The Labute approximate surface area is 156 Å². The molecule has 0 radical (unpaired) electrons. The van der Waals surface area contributed by atoms with Crippen LogP contribution in [0.5, 0.6) is 11.5 Å². The SMILES string of the molecule is COc1cc(-c2noc(Cn3nc(C)c([N+](=O)[O-])c3C)n2)ccc1OC(F)F. The Hall–Kier alpha value is -3.57. The summed E-state index contributed by atoms with van der Waals surface area (Å²) in [6, 6.07) is 4.21. The summed E-state index contributed by atoms with van der Waals surface area (Å²) in [5.74, 6) is 0.313. The molecule has 0 atom stereocenters. The molecule has 148 valence electrons. The summed E-state index contributed by atoms with van der Waals surface area (Å²) < 4.78 is 40.8. The molecule has 0 amide bonds. The number of hydrogen-bond acceptors (Lipinski definition) is 8. The van der Waals surface area contributed by atoms with Crippen molar-refractivity contribution in [3.8, 4) is 22.9 Å². The maximum absolute atomic E-state index is 12.4. The van der Waals surface area contributed by atoms with Gasteiger partial charge in [-0.2, -0.15) is 18.9 Å². The lowest BCUT2D eigenvalue weighted by Gasteiger charge is -2.10. The van der Waals surface area contributed by atoms with Crippen LogP contribution in [0, 0.1) is 24.0 Å². The molecule has 2 heterocycles. The van der Waals surface area contributed by atoms with E-state index >= 15 is 0 Å². The van der Waals surface area contributed by atoms with Crippen molar-refractivity contribution in [3.63, 3.8) is 0 Å². The number of alkyl halides is 2. The van der Waals surface area contributed by atoms with Crippen LogP contribution < -0.4 is 9.47 Å². The molecule has 0 unspecified atom stereocenters. The van der Waals surface area contributed by atoms with E-state index in [4.69, 9.17) is 9.26 Å². The van der Waals surface area contributed by atoms with Crippen LogP contribution in [-0.4, -0.2) is 38.6 Å². The minimum absolute atomic E-state index is 0.0389. The fraction of sp³-hybridized carbons (Fsp3) is 0.312. The topological polar surface area (TPSA) is 118 Å². The highest BCUT2D eigenvalue weighted by atomic mass is 19.3. The lowest BCUT2D eigenvalue weighted by Crippen LogP contribution is -2.05. The number of halogens is 2. The van der Waals surface area contributed by atoms with Gasteiger partial charge in [0.1, 0.15) is 17.9 Å². The van der Waals surface area contributed by atoms with E-state index in [0.29, 0.717) is 11.3 Å². The van der Waals surface area contributed by atoms with Crippen LogP contribution >= 0.6 is 0 Å². The van der Waals surface area contributed by atoms with Gasteiger partial charge in [-0.3, -0.25) is 14.8 Å². The Morgan fingerprint density at radius 2 is 2.07 bits per heavy atom. The second kappa shape index (κ2) is 7.58. The number of nitrogens with zero attached hydrogens (tertiary/aromatic N) is 5. The smallest absolute Gasteiger partial charge is 0.387 e. The number of benzene rings is 1. The molecule has 1 aromatic carbocycles. The number of rotatable bonds is 7. The predicted octanol–water partition coefficient (Wildman–Crippen LogP) is 3.12. The van der Waals surface area contributed by atoms with Gasteiger partial charge in [-0.25, -0.2) is 0 Å². The first kappa shape index (κ1) is 19.2. The van der Waals surface area contributed by atoms with Crippen molar-refractivity contribution in [1.29, 1.82) is 0 Å². The van der Waals surface area contributed by atoms with E-state index in [2.05, 4.69) is 20.0 Å². The molecule has 12 heteroatoms. The molecule has 0 aliphatic heterocycles.